The van der Waals surface area contributed by atoms with Crippen molar-refractivity contribution in [2.24, 2.45) is 29.6 Å². The van der Waals surface area contributed by atoms with E-state index in [1.54, 1.807) is 0 Å². The van der Waals surface area contributed by atoms with Gasteiger partial charge in [0.25, 0.3) is 0 Å². The van der Waals surface area contributed by atoms with E-state index in [9.17, 15) is 24.9 Å². The maximum atomic E-state index is 12.5. The average Bonchev–Trinajstić information content (AvgIpc) is 2.65. The number of fused-ring (bicyclic) bond motifs is 1. The van der Waals surface area contributed by atoms with E-state index in [0.717, 1.165) is 12.8 Å². The molecule has 0 bridgehead atoms. The van der Waals surface area contributed by atoms with Crippen LogP contribution in [0.5, 0.6) is 0 Å². The lowest BCUT2D eigenvalue weighted by Gasteiger charge is -2.43. The number of rotatable bonds is 10. The summed E-state index contributed by atoms with van der Waals surface area (Å²) in [6.07, 6.45) is 6.75. The molecule has 6 N–H and O–H groups in total. The molecule has 0 spiro atoms. The average molecular weight is 440 g/mol. The van der Waals surface area contributed by atoms with Crippen molar-refractivity contribution in [3.63, 3.8) is 0 Å². The SMILES string of the molecule is CCC(C)C(=O)O[C@H]1C[C@@H](C)C=C2C=C[C@H](C)[C@H](CC[C@@H](O)C[C@@H](O)CC(=O)[O-])[C@H]21.[NH4+]. The highest BCUT2D eigenvalue weighted by atomic mass is 16.5. The Hall–Kier alpha value is -1.70. The standard InChI is InChI=1S/C24H38O6.H3N/c1-5-15(3)24(29)30-21-11-14(2)10-17-7-6-16(4)20(23(17)21)9-8-18(25)12-19(26)13-22(27)28;/h6-7,10,14-16,18-21,23,25-26H,5,8-9,11-13H2,1-4H3,(H,27,28);1H3/t14-,15?,16-,18+,19+,20-,21-,23-;/m0./s1. The second-order valence-corrected chi connectivity index (χ2v) is 9.27. The smallest absolute Gasteiger partial charge is 0.308 e. The van der Waals surface area contributed by atoms with Crippen molar-refractivity contribution in [2.45, 2.75) is 84.5 Å². The third-order valence-electron chi connectivity index (χ3n) is 6.66. The first-order valence-corrected chi connectivity index (χ1v) is 11.3. The molecule has 31 heavy (non-hydrogen) atoms. The lowest BCUT2D eigenvalue weighted by Crippen LogP contribution is -2.41. The van der Waals surface area contributed by atoms with Gasteiger partial charge in [0, 0.05) is 18.3 Å². The predicted molar refractivity (Wildman–Crippen MR) is 118 cm³/mol. The van der Waals surface area contributed by atoms with E-state index >= 15 is 0 Å². The van der Waals surface area contributed by atoms with E-state index < -0.39 is 24.6 Å². The largest absolute Gasteiger partial charge is 0.550 e. The van der Waals surface area contributed by atoms with Gasteiger partial charge in [-0.2, -0.15) is 0 Å². The minimum absolute atomic E-state index is 0. The number of ether oxygens (including phenoxy) is 1. The normalized spacial score (nSPS) is 30.3. The second kappa shape index (κ2) is 12.4. The van der Waals surface area contributed by atoms with E-state index in [1.165, 1.54) is 5.57 Å². The fourth-order valence-electron chi connectivity index (χ4n) is 4.75. The molecule has 1 unspecified atom stereocenters. The predicted octanol–water partition coefficient (Wildman–Crippen LogP) is 2.76. The van der Waals surface area contributed by atoms with E-state index in [0.29, 0.717) is 18.8 Å². The molecule has 0 fully saturated rings. The fourth-order valence-corrected chi connectivity index (χ4v) is 4.75. The zero-order valence-electron chi connectivity index (χ0n) is 19.6. The van der Waals surface area contributed by atoms with Crippen LogP contribution in [0.1, 0.15) is 66.2 Å². The van der Waals surface area contributed by atoms with Crippen LogP contribution in [0.4, 0.5) is 0 Å². The lowest BCUT2D eigenvalue weighted by atomic mass is 9.65. The van der Waals surface area contributed by atoms with Gasteiger partial charge in [-0.05, 0) is 55.4 Å². The maximum Gasteiger partial charge on any atom is 0.308 e. The maximum absolute atomic E-state index is 12.5. The van der Waals surface area contributed by atoms with Gasteiger partial charge < -0.3 is 31.0 Å². The number of aliphatic hydroxyl groups is 2. The number of carbonyl (C=O) groups excluding carboxylic acids is 2. The quantitative estimate of drug-likeness (QED) is 0.447. The molecule has 0 aromatic rings. The molecule has 0 aromatic carbocycles. The summed E-state index contributed by atoms with van der Waals surface area (Å²) in [5.41, 5.74) is 1.20. The summed E-state index contributed by atoms with van der Waals surface area (Å²) in [7, 11) is 0. The molecule has 0 saturated heterocycles. The van der Waals surface area contributed by atoms with Crippen molar-refractivity contribution >= 4 is 11.9 Å². The van der Waals surface area contributed by atoms with Crippen molar-refractivity contribution < 1.29 is 29.6 Å². The number of aliphatic carboxylic acids is 1. The topological polar surface area (TPSA) is 143 Å². The number of hydrogen-bond acceptors (Lipinski definition) is 6. The zero-order chi connectivity index (χ0) is 22.4. The van der Waals surface area contributed by atoms with Crippen molar-refractivity contribution in [1.29, 1.82) is 0 Å². The van der Waals surface area contributed by atoms with Crippen molar-refractivity contribution in [3.05, 3.63) is 23.8 Å². The molecule has 0 heterocycles. The molecule has 2 aliphatic carbocycles. The summed E-state index contributed by atoms with van der Waals surface area (Å²) in [5.74, 6) is -0.705. The molecule has 7 heteroatoms. The Morgan fingerprint density at radius 3 is 2.55 bits per heavy atom. The Kier molecular flexibility index (Phi) is 10.9. The van der Waals surface area contributed by atoms with Crippen molar-refractivity contribution in [2.75, 3.05) is 0 Å². The first kappa shape index (κ1) is 27.3. The van der Waals surface area contributed by atoms with Gasteiger partial charge in [0.2, 0.25) is 0 Å². The van der Waals surface area contributed by atoms with Crippen LogP contribution in [-0.2, 0) is 14.3 Å². The summed E-state index contributed by atoms with van der Waals surface area (Å²) < 4.78 is 5.99. The van der Waals surface area contributed by atoms with Crippen molar-refractivity contribution in [3.8, 4) is 0 Å². The second-order valence-electron chi connectivity index (χ2n) is 9.27. The zero-order valence-corrected chi connectivity index (χ0v) is 19.6. The highest BCUT2D eigenvalue weighted by Crippen LogP contribution is 2.45. The van der Waals surface area contributed by atoms with Gasteiger partial charge in [-0.15, -0.1) is 0 Å². The molecule has 0 amide bonds. The molecule has 0 aliphatic heterocycles. The van der Waals surface area contributed by atoms with Crippen LogP contribution in [-0.4, -0.2) is 40.5 Å². The molecule has 7 nitrogen and oxygen atoms in total. The monoisotopic (exact) mass is 439 g/mol. The molecular weight excluding hydrogens is 398 g/mol. The third-order valence-corrected chi connectivity index (χ3v) is 6.66. The van der Waals surface area contributed by atoms with Gasteiger partial charge in [-0.1, -0.05) is 45.9 Å². The molecule has 0 saturated carbocycles. The Bertz CT molecular complexity index is 660. The third kappa shape index (κ3) is 7.74. The van der Waals surface area contributed by atoms with Crippen LogP contribution < -0.4 is 11.3 Å². The van der Waals surface area contributed by atoms with Gasteiger partial charge >= 0.3 is 5.97 Å². The Labute approximate surface area is 186 Å². The minimum Gasteiger partial charge on any atom is -0.550 e. The van der Waals surface area contributed by atoms with Gasteiger partial charge in [0.05, 0.1) is 18.1 Å². The molecule has 2 aliphatic rings. The number of quaternary nitrogens is 1. The molecular formula is C24H41NO6. The number of hydrogen-bond donors (Lipinski definition) is 3. The number of aliphatic hydroxyl groups excluding tert-OH is 2. The summed E-state index contributed by atoms with van der Waals surface area (Å²) in [6, 6.07) is 0. The summed E-state index contributed by atoms with van der Waals surface area (Å²) >= 11 is 0. The minimum atomic E-state index is -1.32. The summed E-state index contributed by atoms with van der Waals surface area (Å²) in [6.45, 7) is 8.14. The Morgan fingerprint density at radius 2 is 1.94 bits per heavy atom. The number of carbonyl (C=O) groups is 2. The van der Waals surface area contributed by atoms with Crippen LogP contribution in [0.3, 0.4) is 0 Å². The van der Waals surface area contributed by atoms with E-state index in [-0.39, 0.29) is 48.3 Å². The van der Waals surface area contributed by atoms with E-state index in [1.807, 2.05) is 13.8 Å². The fraction of sp³-hybridized carbons (Fsp3) is 0.750. The van der Waals surface area contributed by atoms with Crippen LogP contribution >= 0.6 is 0 Å². The molecule has 8 atom stereocenters. The Balaban J connectivity index is 0.00000480. The van der Waals surface area contributed by atoms with Crippen molar-refractivity contribution in [1.82, 2.24) is 6.15 Å². The molecule has 178 valence electrons. The molecule has 2 rings (SSSR count). The van der Waals surface area contributed by atoms with Crippen LogP contribution in [0, 0.1) is 29.6 Å². The number of carboxylic acids is 1. The van der Waals surface area contributed by atoms with E-state index in [2.05, 4.69) is 32.1 Å². The summed E-state index contributed by atoms with van der Waals surface area (Å²) in [4.78, 5) is 23.1. The highest BCUT2D eigenvalue weighted by molar-refractivity contribution is 5.72. The van der Waals surface area contributed by atoms with Gasteiger partial charge in [0.15, 0.2) is 0 Å². The number of allylic oxidation sites excluding steroid dienone is 3. The van der Waals surface area contributed by atoms with Crippen LogP contribution in [0.2, 0.25) is 0 Å². The van der Waals surface area contributed by atoms with Gasteiger partial charge in [-0.25, -0.2) is 0 Å². The highest BCUT2D eigenvalue weighted by Gasteiger charge is 2.41. The number of carboxylic acid groups (broad SMARTS) is 1. The first-order valence-electron chi connectivity index (χ1n) is 11.3. The lowest BCUT2D eigenvalue weighted by molar-refractivity contribution is -0.307. The van der Waals surface area contributed by atoms with Gasteiger partial charge in [0.1, 0.15) is 6.10 Å². The van der Waals surface area contributed by atoms with Crippen LogP contribution in [0.15, 0.2) is 23.8 Å². The molecule has 0 aromatic heterocycles. The summed E-state index contributed by atoms with van der Waals surface area (Å²) in [5, 5.41) is 30.7. The first-order chi connectivity index (χ1) is 14.1. The number of esters is 1. The van der Waals surface area contributed by atoms with Crippen LogP contribution in [0.25, 0.3) is 0 Å². The van der Waals surface area contributed by atoms with E-state index in [4.69, 9.17) is 4.74 Å². The molecule has 0 radical (unpaired) electrons. The Morgan fingerprint density at radius 1 is 1.26 bits per heavy atom. The van der Waals surface area contributed by atoms with Gasteiger partial charge in [-0.3, -0.25) is 4.79 Å².